The molecule has 1 aromatic rings. The van der Waals surface area contributed by atoms with Crippen LogP contribution in [0.25, 0.3) is 5.70 Å². The topological polar surface area (TPSA) is 47.6 Å². The number of hydrogen-bond donors (Lipinski definition) is 1. The van der Waals surface area contributed by atoms with E-state index in [2.05, 4.69) is 25.6 Å². The van der Waals surface area contributed by atoms with Crippen LogP contribution in [-0.2, 0) is 0 Å². The van der Waals surface area contributed by atoms with Crippen molar-refractivity contribution in [2.45, 2.75) is 33.6 Å². The molecule has 0 unspecified atom stereocenters. The third-order valence-corrected chi connectivity index (χ3v) is 2.76. The van der Waals surface area contributed by atoms with E-state index in [0.717, 1.165) is 6.42 Å². The van der Waals surface area contributed by atoms with Gasteiger partial charge in [-0.05, 0) is 43.7 Å². The smallest absolute Gasteiger partial charge is 0.165 e. The van der Waals surface area contributed by atoms with Crippen LogP contribution in [0, 0.1) is 11.7 Å². The number of hydrogen-bond acceptors (Lipinski definition) is 3. The number of nitrogens with two attached hydrogens (primary N) is 1. The molecule has 0 aliphatic rings. The summed E-state index contributed by atoms with van der Waals surface area (Å²) in [6.07, 6.45) is 1.53. The summed E-state index contributed by atoms with van der Waals surface area (Å²) in [5, 5.41) is 0. The van der Waals surface area contributed by atoms with Crippen molar-refractivity contribution in [3.8, 4) is 5.75 Å². The summed E-state index contributed by atoms with van der Waals surface area (Å²) < 4.78 is 19.3. The van der Waals surface area contributed by atoms with Crippen LogP contribution in [0.3, 0.4) is 0 Å². The summed E-state index contributed by atoms with van der Waals surface area (Å²) in [5.41, 5.74) is 7.81. The number of allylic oxidation sites excluding steroid dienone is 1. The minimum Gasteiger partial charge on any atom is -0.491 e. The molecule has 0 saturated carbocycles. The van der Waals surface area contributed by atoms with Gasteiger partial charge in [0.25, 0.3) is 0 Å². The first-order valence-electron chi connectivity index (χ1n) is 6.87. The van der Waals surface area contributed by atoms with Crippen LogP contribution in [0.15, 0.2) is 28.9 Å². The second-order valence-electron chi connectivity index (χ2n) is 5.12. The highest BCUT2D eigenvalue weighted by Gasteiger charge is 2.11. The average molecular weight is 278 g/mol. The zero-order chi connectivity index (χ0) is 15.1. The summed E-state index contributed by atoms with van der Waals surface area (Å²) in [6, 6.07) is 4.75. The first kappa shape index (κ1) is 16.2. The number of benzene rings is 1. The Morgan fingerprint density at radius 2 is 2.15 bits per heavy atom. The molecule has 4 heteroatoms. The van der Waals surface area contributed by atoms with Crippen LogP contribution in [0.4, 0.5) is 4.39 Å². The van der Waals surface area contributed by atoms with E-state index in [0.29, 0.717) is 35.9 Å². The molecule has 0 saturated heterocycles. The second-order valence-corrected chi connectivity index (χ2v) is 5.12. The van der Waals surface area contributed by atoms with Crippen molar-refractivity contribution in [3.63, 3.8) is 0 Å². The van der Waals surface area contributed by atoms with Crippen LogP contribution in [0.5, 0.6) is 5.75 Å². The molecule has 0 aliphatic carbocycles. The molecule has 1 rings (SSSR count). The van der Waals surface area contributed by atoms with E-state index in [-0.39, 0.29) is 5.75 Å². The maximum atomic E-state index is 13.9. The summed E-state index contributed by atoms with van der Waals surface area (Å²) >= 11 is 0. The number of nitrogens with zero attached hydrogens (tertiary/aromatic N) is 1. The van der Waals surface area contributed by atoms with Gasteiger partial charge in [0.2, 0.25) is 0 Å². The van der Waals surface area contributed by atoms with Crippen LogP contribution in [0.1, 0.15) is 39.2 Å². The lowest BCUT2D eigenvalue weighted by atomic mass is 10.0. The second kappa shape index (κ2) is 7.68. The van der Waals surface area contributed by atoms with Gasteiger partial charge in [0.15, 0.2) is 11.6 Å². The molecule has 1 aromatic carbocycles. The standard InChI is InChI=1S/C16H23FN2O/c1-5-8-20-15-7-6-12(10-13(15)17)16(19-4)14(18)9-11(2)3/h6-7,10-11H,4-5,8-9,18H2,1-3H3/b16-14-. The van der Waals surface area contributed by atoms with Crippen LogP contribution in [-0.4, -0.2) is 13.3 Å². The fraction of sp³-hybridized carbons (Fsp3) is 0.438. The van der Waals surface area contributed by atoms with Gasteiger partial charge >= 0.3 is 0 Å². The number of ether oxygens (including phenoxy) is 1. The van der Waals surface area contributed by atoms with Crippen molar-refractivity contribution in [1.82, 2.24) is 0 Å². The lowest BCUT2D eigenvalue weighted by molar-refractivity contribution is 0.301. The molecular formula is C16H23FN2O. The van der Waals surface area contributed by atoms with Crippen molar-refractivity contribution in [2.24, 2.45) is 16.6 Å². The molecule has 0 aliphatic heterocycles. The Morgan fingerprint density at radius 1 is 1.45 bits per heavy atom. The lowest BCUT2D eigenvalue weighted by Gasteiger charge is -2.12. The van der Waals surface area contributed by atoms with Crippen LogP contribution < -0.4 is 10.5 Å². The number of rotatable bonds is 7. The predicted octanol–water partition coefficient (Wildman–Crippen LogP) is 3.99. The average Bonchev–Trinajstić information content (AvgIpc) is 2.37. The maximum Gasteiger partial charge on any atom is 0.165 e. The van der Waals surface area contributed by atoms with Gasteiger partial charge in [0.1, 0.15) is 0 Å². The first-order chi connectivity index (χ1) is 9.49. The zero-order valence-electron chi connectivity index (χ0n) is 12.4. The van der Waals surface area contributed by atoms with Gasteiger partial charge in [-0.25, -0.2) is 4.39 Å². The SMILES string of the molecule is C=N/C(=C(\N)CC(C)C)c1ccc(OCCC)c(F)c1. The molecule has 2 N–H and O–H groups in total. The molecule has 0 heterocycles. The summed E-state index contributed by atoms with van der Waals surface area (Å²) in [6.45, 7) is 10.1. The highest BCUT2D eigenvalue weighted by molar-refractivity contribution is 5.70. The van der Waals surface area contributed by atoms with Crippen molar-refractivity contribution in [3.05, 3.63) is 35.3 Å². The molecule has 0 radical (unpaired) electrons. The van der Waals surface area contributed by atoms with E-state index in [4.69, 9.17) is 10.5 Å². The van der Waals surface area contributed by atoms with Crippen molar-refractivity contribution < 1.29 is 9.13 Å². The van der Waals surface area contributed by atoms with Crippen molar-refractivity contribution >= 4 is 12.4 Å². The molecule has 3 nitrogen and oxygen atoms in total. The molecule has 0 fully saturated rings. The largest absolute Gasteiger partial charge is 0.491 e. The van der Waals surface area contributed by atoms with Gasteiger partial charge in [-0.1, -0.05) is 20.8 Å². The molecular weight excluding hydrogens is 255 g/mol. The minimum absolute atomic E-state index is 0.251. The van der Waals surface area contributed by atoms with E-state index < -0.39 is 5.82 Å². The molecule has 110 valence electrons. The van der Waals surface area contributed by atoms with Gasteiger partial charge < -0.3 is 10.5 Å². The normalized spacial score (nSPS) is 12.2. The number of halogens is 1. The van der Waals surface area contributed by atoms with Gasteiger partial charge in [-0.3, -0.25) is 4.99 Å². The van der Waals surface area contributed by atoms with E-state index in [1.165, 1.54) is 6.07 Å². The zero-order valence-corrected chi connectivity index (χ0v) is 12.4. The van der Waals surface area contributed by atoms with Gasteiger partial charge in [-0.15, -0.1) is 0 Å². The Labute approximate surface area is 120 Å². The van der Waals surface area contributed by atoms with Gasteiger partial charge in [0.05, 0.1) is 12.3 Å². The molecule has 0 aromatic heterocycles. The molecule has 0 amide bonds. The van der Waals surface area contributed by atoms with Gasteiger partial charge in [-0.2, -0.15) is 0 Å². The summed E-state index contributed by atoms with van der Waals surface area (Å²) in [7, 11) is 0. The maximum absolute atomic E-state index is 13.9. The highest BCUT2D eigenvalue weighted by atomic mass is 19.1. The third-order valence-electron chi connectivity index (χ3n) is 2.76. The molecule has 20 heavy (non-hydrogen) atoms. The summed E-state index contributed by atoms with van der Waals surface area (Å²) in [5.74, 6) is 0.250. The van der Waals surface area contributed by atoms with E-state index in [9.17, 15) is 4.39 Å². The van der Waals surface area contributed by atoms with Crippen molar-refractivity contribution in [2.75, 3.05) is 6.61 Å². The van der Waals surface area contributed by atoms with Crippen LogP contribution >= 0.6 is 0 Å². The quantitative estimate of drug-likeness (QED) is 0.767. The van der Waals surface area contributed by atoms with E-state index in [1.54, 1.807) is 12.1 Å². The minimum atomic E-state index is -0.408. The lowest BCUT2D eigenvalue weighted by Crippen LogP contribution is -2.05. The third kappa shape index (κ3) is 4.37. The first-order valence-corrected chi connectivity index (χ1v) is 6.87. The fourth-order valence-electron chi connectivity index (χ4n) is 1.89. The van der Waals surface area contributed by atoms with Crippen molar-refractivity contribution in [1.29, 1.82) is 0 Å². The highest BCUT2D eigenvalue weighted by Crippen LogP contribution is 2.26. The Morgan fingerprint density at radius 3 is 2.65 bits per heavy atom. The van der Waals surface area contributed by atoms with Gasteiger partial charge in [0, 0.05) is 11.3 Å². The number of aliphatic imine (C=N–C) groups is 1. The van der Waals surface area contributed by atoms with Crippen LogP contribution in [0.2, 0.25) is 0 Å². The molecule has 0 atom stereocenters. The Balaban J connectivity index is 3.06. The fourth-order valence-corrected chi connectivity index (χ4v) is 1.89. The Kier molecular flexibility index (Phi) is 6.22. The Hall–Kier alpha value is -1.84. The molecule has 0 spiro atoms. The Bertz CT molecular complexity index is 495. The molecule has 0 bridgehead atoms. The van der Waals surface area contributed by atoms with E-state index in [1.807, 2.05) is 6.92 Å². The predicted molar refractivity (Wildman–Crippen MR) is 82.3 cm³/mol. The monoisotopic (exact) mass is 278 g/mol. The van der Waals surface area contributed by atoms with E-state index >= 15 is 0 Å². The summed E-state index contributed by atoms with van der Waals surface area (Å²) in [4.78, 5) is 3.94.